The highest BCUT2D eigenvalue weighted by Gasteiger charge is 2.58. The van der Waals surface area contributed by atoms with Gasteiger partial charge in [-0.05, 0) is 99.0 Å². The Morgan fingerprint density at radius 3 is 2.58 bits per heavy atom. The van der Waals surface area contributed by atoms with Crippen LogP contribution in [0.15, 0.2) is 0 Å². The van der Waals surface area contributed by atoms with E-state index < -0.39 is 12.3 Å². The van der Waals surface area contributed by atoms with E-state index in [2.05, 4.69) is 6.92 Å². The van der Waals surface area contributed by atoms with E-state index in [4.69, 9.17) is 0 Å². The smallest absolute Gasteiger partial charge is 0.146 e. The van der Waals surface area contributed by atoms with E-state index in [1.54, 1.807) is 11.8 Å². The SMILES string of the molecule is CSCC(=O)[C@H]1CC[C@H]2[C@@H]3CC[C@H]4C[C@@](O)(CF)CC[C@@H]4[C@H]3CC[C@]12C. The Kier molecular flexibility index (Phi) is 5.22. The fourth-order valence-corrected chi connectivity index (χ4v) is 8.34. The molecule has 8 atom stereocenters. The monoisotopic (exact) mass is 382 g/mol. The Morgan fingerprint density at radius 1 is 1.08 bits per heavy atom. The summed E-state index contributed by atoms with van der Waals surface area (Å²) in [7, 11) is 0. The average molecular weight is 383 g/mol. The van der Waals surface area contributed by atoms with Crippen LogP contribution in [-0.2, 0) is 4.79 Å². The molecular formula is C22H35FO2S. The van der Waals surface area contributed by atoms with Crippen LogP contribution in [0.4, 0.5) is 4.39 Å². The summed E-state index contributed by atoms with van der Waals surface area (Å²) in [6.45, 7) is 1.84. The largest absolute Gasteiger partial charge is 0.387 e. The molecule has 0 radical (unpaired) electrons. The van der Waals surface area contributed by atoms with Crippen LogP contribution in [0.3, 0.4) is 0 Å². The van der Waals surface area contributed by atoms with Crippen LogP contribution in [0.5, 0.6) is 0 Å². The maximum atomic E-state index is 13.3. The highest BCUT2D eigenvalue weighted by Crippen LogP contribution is 2.64. The molecule has 0 unspecified atom stereocenters. The van der Waals surface area contributed by atoms with Crippen molar-refractivity contribution in [1.82, 2.24) is 0 Å². The molecule has 0 spiro atoms. The molecule has 148 valence electrons. The minimum atomic E-state index is -1.04. The van der Waals surface area contributed by atoms with Gasteiger partial charge in [-0.1, -0.05) is 6.92 Å². The van der Waals surface area contributed by atoms with Crippen molar-refractivity contribution in [2.45, 2.75) is 70.3 Å². The van der Waals surface area contributed by atoms with Crippen molar-refractivity contribution in [2.24, 2.45) is 40.9 Å². The van der Waals surface area contributed by atoms with Gasteiger partial charge in [-0.2, -0.15) is 11.8 Å². The maximum absolute atomic E-state index is 13.3. The quantitative estimate of drug-likeness (QED) is 0.752. The second-order valence-electron chi connectivity index (χ2n) is 10.1. The molecule has 0 aromatic rings. The molecule has 4 aliphatic rings. The lowest BCUT2D eigenvalue weighted by atomic mass is 9.49. The van der Waals surface area contributed by atoms with E-state index in [1.165, 1.54) is 25.7 Å². The number of fused-ring (bicyclic) bond motifs is 5. The Hall–Kier alpha value is -0.0900. The number of ketones is 1. The number of halogens is 1. The topological polar surface area (TPSA) is 37.3 Å². The van der Waals surface area contributed by atoms with Crippen LogP contribution >= 0.6 is 11.8 Å². The number of carbonyl (C=O) groups is 1. The molecule has 4 heteroatoms. The summed E-state index contributed by atoms with van der Waals surface area (Å²) in [4.78, 5) is 12.7. The first-order chi connectivity index (χ1) is 12.4. The number of Topliss-reactive ketones (excluding diaryl/α,β-unsaturated/α-hetero) is 1. The molecule has 0 saturated heterocycles. The molecule has 0 aromatic heterocycles. The molecule has 4 saturated carbocycles. The summed E-state index contributed by atoms with van der Waals surface area (Å²) >= 11 is 1.67. The van der Waals surface area contributed by atoms with E-state index >= 15 is 0 Å². The van der Waals surface area contributed by atoms with Gasteiger partial charge in [-0.25, -0.2) is 4.39 Å². The van der Waals surface area contributed by atoms with E-state index in [9.17, 15) is 14.3 Å². The van der Waals surface area contributed by atoms with Gasteiger partial charge in [0.15, 0.2) is 0 Å². The molecule has 0 bridgehead atoms. The second-order valence-corrected chi connectivity index (χ2v) is 11.0. The summed E-state index contributed by atoms with van der Waals surface area (Å²) in [6.07, 6.45) is 11.5. The van der Waals surface area contributed by atoms with Gasteiger partial charge < -0.3 is 5.11 Å². The molecule has 26 heavy (non-hydrogen) atoms. The molecule has 0 amide bonds. The minimum absolute atomic E-state index is 0.217. The number of carbonyl (C=O) groups excluding carboxylic acids is 1. The van der Waals surface area contributed by atoms with Crippen LogP contribution in [0.25, 0.3) is 0 Å². The third-order valence-corrected chi connectivity index (χ3v) is 9.60. The Morgan fingerprint density at radius 2 is 1.85 bits per heavy atom. The normalized spacial score (nSPS) is 50.6. The second kappa shape index (κ2) is 7.06. The molecule has 2 nitrogen and oxygen atoms in total. The first kappa shape index (κ1) is 19.2. The van der Waals surface area contributed by atoms with Gasteiger partial charge in [0, 0.05) is 5.92 Å². The zero-order valence-corrected chi connectivity index (χ0v) is 17.2. The Bertz CT molecular complexity index is 554. The van der Waals surface area contributed by atoms with Crippen molar-refractivity contribution in [2.75, 3.05) is 18.7 Å². The van der Waals surface area contributed by atoms with Crippen LogP contribution in [-0.4, -0.2) is 35.2 Å². The van der Waals surface area contributed by atoms with Crippen molar-refractivity contribution in [3.05, 3.63) is 0 Å². The third-order valence-electron chi connectivity index (χ3n) is 9.03. The maximum Gasteiger partial charge on any atom is 0.146 e. The van der Waals surface area contributed by atoms with Gasteiger partial charge >= 0.3 is 0 Å². The lowest BCUT2D eigenvalue weighted by Gasteiger charge is -2.57. The highest BCUT2D eigenvalue weighted by atomic mass is 32.2. The van der Waals surface area contributed by atoms with Crippen LogP contribution in [0.2, 0.25) is 0 Å². The fraction of sp³-hybridized carbons (Fsp3) is 0.955. The third kappa shape index (κ3) is 2.98. The number of thioether (sulfide) groups is 1. The van der Waals surface area contributed by atoms with E-state index in [-0.39, 0.29) is 11.3 Å². The van der Waals surface area contributed by atoms with Crippen LogP contribution in [0.1, 0.15) is 64.7 Å². The number of hydrogen-bond acceptors (Lipinski definition) is 3. The van der Waals surface area contributed by atoms with E-state index in [1.807, 2.05) is 6.26 Å². The van der Waals surface area contributed by atoms with Gasteiger partial charge in [-0.3, -0.25) is 4.79 Å². The molecule has 4 aliphatic carbocycles. The number of alkyl halides is 1. The van der Waals surface area contributed by atoms with Gasteiger partial charge in [0.05, 0.1) is 11.4 Å². The number of rotatable bonds is 4. The summed E-state index contributed by atoms with van der Waals surface area (Å²) in [5.74, 6) is 4.87. The Labute approximate surface area is 162 Å². The number of aliphatic hydroxyl groups is 1. The van der Waals surface area contributed by atoms with Crippen molar-refractivity contribution >= 4 is 17.5 Å². The average Bonchev–Trinajstić information content (AvgIpc) is 2.99. The molecule has 1 N–H and O–H groups in total. The summed E-state index contributed by atoms with van der Waals surface area (Å²) in [5.41, 5.74) is -0.824. The van der Waals surface area contributed by atoms with Gasteiger partial charge in [0.2, 0.25) is 0 Å². The lowest BCUT2D eigenvalue weighted by Crippen LogP contribution is -2.52. The van der Waals surface area contributed by atoms with Crippen molar-refractivity contribution in [1.29, 1.82) is 0 Å². The molecule has 4 rings (SSSR count). The van der Waals surface area contributed by atoms with Gasteiger partial charge in [-0.15, -0.1) is 0 Å². The van der Waals surface area contributed by atoms with Gasteiger partial charge in [0.1, 0.15) is 12.5 Å². The zero-order valence-electron chi connectivity index (χ0n) is 16.4. The summed E-state index contributed by atoms with van der Waals surface area (Å²) in [5, 5.41) is 10.4. The molecule has 4 fully saturated rings. The predicted molar refractivity (Wildman–Crippen MR) is 105 cm³/mol. The van der Waals surface area contributed by atoms with E-state index in [0.29, 0.717) is 42.1 Å². The first-order valence-electron chi connectivity index (χ1n) is 10.7. The highest BCUT2D eigenvalue weighted by molar-refractivity contribution is 7.99. The van der Waals surface area contributed by atoms with Crippen molar-refractivity contribution in [3.8, 4) is 0 Å². The number of hydrogen-bond donors (Lipinski definition) is 1. The molecular weight excluding hydrogens is 347 g/mol. The van der Waals surface area contributed by atoms with Crippen LogP contribution in [0, 0.1) is 40.9 Å². The molecule has 0 heterocycles. The zero-order chi connectivity index (χ0) is 18.5. The summed E-state index contributed by atoms with van der Waals surface area (Å²) in [6, 6.07) is 0. The summed E-state index contributed by atoms with van der Waals surface area (Å²) < 4.78 is 13.3. The fourth-order valence-electron chi connectivity index (χ4n) is 7.86. The predicted octanol–water partition coefficient (Wildman–Crippen LogP) is 4.89. The first-order valence-corrected chi connectivity index (χ1v) is 12.1. The lowest BCUT2D eigenvalue weighted by molar-refractivity contribution is -0.131. The Balaban J connectivity index is 1.50. The van der Waals surface area contributed by atoms with Crippen molar-refractivity contribution in [3.63, 3.8) is 0 Å². The van der Waals surface area contributed by atoms with Gasteiger partial charge in [0.25, 0.3) is 0 Å². The molecule has 0 aromatic carbocycles. The van der Waals surface area contributed by atoms with Crippen molar-refractivity contribution < 1.29 is 14.3 Å². The van der Waals surface area contributed by atoms with Crippen LogP contribution < -0.4 is 0 Å². The van der Waals surface area contributed by atoms with E-state index in [0.717, 1.165) is 31.1 Å². The molecule has 0 aliphatic heterocycles. The standard InChI is InChI=1S/C22H35FO2S/c1-21-9-7-16-15-8-10-22(25,13-23)11-14(15)3-4-17(16)18(21)5-6-19(21)20(24)12-26-2/h14-19,25H,3-13H2,1-2H3/t14-,15-,16+,17+,18-,19+,21-,22+/m0/s1. The minimum Gasteiger partial charge on any atom is -0.387 e.